The van der Waals surface area contributed by atoms with Crippen molar-refractivity contribution in [2.75, 3.05) is 7.11 Å². The molecule has 0 bridgehead atoms. The number of aliphatic hydroxyl groups is 1. The average molecular weight is 291 g/mol. The zero-order valence-corrected chi connectivity index (χ0v) is 13.0. The van der Waals surface area contributed by atoms with Crippen LogP contribution in [0, 0.1) is 20.8 Å². The van der Waals surface area contributed by atoms with Gasteiger partial charge < -0.3 is 9.84 Å². The molecule has 0 heterocycles. The molecule has 0 saturated carbocycles. The Morgan fingerprint density at radius 1 is 1.05 bits per heavy atom. The van der Waals surface area contributed by atoms with Crippen molar-refractivity contribution in [3.63, 3.8) is 0 Å². The number of rotatable bonds is 3. The molecule has 1 unspecified atom stereocenters. The number of ether oxygens (including phenoxy) is 1. The topological polar surface area (TPSA) is 29.5 Å². The first-order chi connectivity index (χ1) is 9.43. The molecule has 0 aromatic heterocycles. The molecule has 0 aliphatic rings. The lowest BCUT2D eigenvalue weighted by Crippen LogP contribution is -2.07. The van der Waals surface area contributed by atoms with E-state index in [9.17, 15) is 5.11 Å². The van der Waals surface area contributed by atoms with Crippen LogP contribution in [0.25, 0.3) is 0 Å². The molecule has 106 valence electrons. The molecular formula is C17H19ClO2. The summed E-state index contributed by atoms with van der Waals surface area (Å²) in [6.45, 7) is 5.94. The first-order valence-electron chi connectivity index (χ1n) is 6.53. The number of halogens is 1. The van der Waals surface area contributed by atoms with E-state index in [4.69, 9.17) is 16.3 Å². The molecule has 0 fully saturated rings. The summed E-state index contributed by atoms with van der Waals surface area (Å²) < 4.78 is 5.43. The molecule has 2 aromatic rings. The van der Waals surface area contributed by atoms with Gasteiger partial charge in [-0.2, -0.15) is 0 Å². The summed E-state index contributed by atoms with van der Waals surface area (Å²) in [6, 6.07) is 9.50. The van der Waals surface area contributed by atoms with Gasteiger partial charge in [0, 0.05) is 10.6 Å². The standard InChI is InChI=1S/C17H19ClO2/c1-10-7-12(3)16(15(8-10)20-4)17(19)14-6-5-13(18)9-11(14)2/h5-9,17,19H,1-4H3. The Hall–Kier alpha value is -1.51. The predicted octanol–water partition coefficient (Wildman–Crippen LogP) is 4.36. The Bertz CT molecular complexity index is 635. The summed E-state index contributed by atoms with van der Waals surface area (Å²) in [4.78, 5) is 0. The van der Waals surface area contributed by atoms with Gasteiger partial charge in [0.15, 0.2) is 0 Å². The van der Waals surface area contributed by atoms with E-state index in [1.54, 1.807) is 13.2 Å². The number of methoxy groups -OCH3 is 1. The lowest BCUT2D eigenvalue weighted by Gasteiger charge is -2.20. The highest BCUT2D eigenvalue weighted by molar-refractivity contribution is 6.30. The van der Waals surface area contributed by atoms with E-state index >= 15 is 0 Å². The molecule has 0 aliphatic heterocycles. The van der Waals surface area contributed by atoms with E-state index in [0.29, 0.717) is 10.8 Å². The van der Waals surface area contributed by atoms with Crippen LogP contribution in [0.2, 0.25) is 5.02 Å². The van der Waals surface area contributed by atoms with Crippen LogP contribution in [0.15, 0.2) is 30.3 Å². The second-order valence-corrected chi connectivity index (χ2v) is 5.54. The van der Waals surface area contributed by atoms with Crippen molar-refractivity contribution in [2.45, 2.75) is 26.9 Å². The fourth-order valence-corrected chi connectivity index (χ4v) is 2.79. The highest BCUT2D eigenvalue weighted by atomic mass is 35.5. The van der Waals surface area contributed by atoms with E-state index in [0.717, 1.165) is 27.8 Å². The second-order valence-electron chi connectivity index (χ2n) is 5.10. The van der Waals surface area contributed by atoms with E-state index in [2.05, 4.69) is 0 Å². The summed E-state index contributed by atoms with van der Waals surface area (Å²) in [5.74, 6) is 0.712. The number of aryl methyl sites for hydroxylation is 3. The normalized spacial score (nSPS) is 12.3. The molecule has 2 rings (SSSR count). The van der Waals surface area contributed by atoms with Crippen molar-refractivity contribution >= 4 is 11.6 Å². The lowest BCUT2D eigenvalue weighted by molar-refractivity contribution is 0.213. The second kappa shape index (κ2) is 5.86. The highest BCUT2D eigenvalue weighted by Crippen LogP contribution is 2.35. The number of benzene rings is 2. The molecule has 1 atom stereocenters. The average Bonchev–Trinajstić information content (AvgIpc) is 2.37. The molecule has 2 nitrogen and oxygen atoms in total. The van der Waals surface area contributed by atoms with Crippen molar-refractivity contribution in [1.82, 2.24) is 0 Å². The predicted molar refractivity (Wildman–Crippen MR) is 82.7 cm³/mol. The van der Waals surface area contributed by atoms with Gasteiger partial charge in [-0.1, -0.05) is 23.7 Å². The van der Waals surface area contributed by atoms with Crippen LogP contribution in [0.4, 0.5) is 0 Å². The maximum Gasteiger partial charge on any atom is 0.125 e. The molecule has 0 radical (unpaired) electrons. The van der Waals surface area contributed by atoms with Crippen molar-refractivity contribution in [3.05, 3.63) is 63.2 Å². The van der Waals surface area contributed by atoms with Gasteiger partial charge in [0.2, 0.25) is 0 Å². The molecule has 2 aromatic carbocycles. The van der Waals surface area contributed by atoms with Crippen molar-refractivity contribution in [2.24, 2.45) is 0 Å². The summed E-state index contributed by atoms with van der Waals surface area (Å²) in [5, 5.41) is 11.4. The molecule has 0 saturated heterocycles. The maximum atomic E-state index is 10.7. The van der Waals surface area contributed by atoms with Gasteiger partial charge >= 0.3 is 0 Å². The number of hydrogen-bond donors (Lipinski definition) is 1. The van der Waals surface area contributed by atoms with Gasteiger partial charge in [-0.25, -0.2) is 0 Å². The van der Waals surface area contributed by atoms with Crippen molar-refractivity contribution in [3.8, 4) is 5.75 Å². The Labute approximate surface area is 125 Å². The minimum atomic E-state index is -0.720. The monoisotopic (exact) mass is 290 g/mol. The molecule has 1 N–H and O–H groups in total. The number of hydrogen-bond acceptors (Lipinski definition) is 2. The quantitative estimate of drug-likeness (QED) is 0.910. The lowest BCUT2D eigenvalue weighted by atomic mass is 9.92. The number of aliphatic hydroxyl groups excluding tert-OH is 1. The Balaban J connectivity index is 2.55. The van der Waals surface area contributed by atoms with Gasteiger partial charge in [0.25, 0.3) is 0 Å². The third-order valence-electron chi connectivity index (χ3n) is 3.51. The molecule has 0 spiro atoms. The van der Waals surface area contributed by atoms with Gasteiger partial charge in [-0.05, 0) is 61.2 Å². The Kier molecular flexibility index (Phi) is 4.36. The van der Waals surface area contributed by atoms with Crippen LogP contribution in [-0.2, 0) is 0 Å². The zero-order chi connectivity index (χ0) is 14.9. The van der Waals surface area contributed by atoms with Crippen LogP contribution in [-0.4, -0.2) is 12.2 Å². The highest BCUT2D eigenvalue weighted by Gasteiger charge is 2.20. The molecule has 3 heteroatoms. The van der Waals surface area contributed by atoms with Crippen LogP contribution >= 0.6 is 11.6 Å². The minimum Gasteiger partial charge on any atom is -0.496 e. The third kappa shape index (κ3) is 2.82. The SMILES string of the molecule is COc1cc(C)cc(C)c1C(O)c1ccc(Cl)cc1C. The molecular weight excluding hydrogens is 272 g/mol. The summed E-state index contributed by atoms with van der Waals surface area (Å²) in [7, 11) is 1.62. The Morgan fingerprint density at radius 3 is 2.35 bits per heavy atom. The first kappa shape index (κ1) is 14.9. The summed E-state index contributed by atoms with van der Waals surface area (Å²) in [6.07, 6.45) is -0.720. The van der Waals surface area contributed by atoms with Gasteiger partial charge in [0.05, 0.1) is 7.11 Å². The first-order valence-corrected chi connectivity index (χ1v) is 6.91. The van der Waals surface area contributed by atoms with Crippen LogP contribution in [0.5, 0.6) is 5.75 Å². The minimum absolute atomic E-state index is 0.672. The maximum absolute atomic E-state index is 10.7. The van der Waals surface area contributed by atoms with Gasteiger partial charge in [-0.15, -0.1) is 0 Å². The van der Waals surface area contributed by atoms with Crippen LogP contribution in [0.3, 0.4) is 0 Å². The van der Waals surface area contributed by atoms with Gasteiger partial charge in [-0.3, -0.25) is 0 Å². The zero-order valence-electron chi connectivity index (χ0n) is 12.2. The van der Waals surface area contributed by atoms with Crippen molar-refractivity contribution < 1.29 is 9.84 Å². The summed E-state index contributed by atoms with van der Waals surface area (Å²) >= 11 is 5.97. The third-order valence-corrected chi connectivity index (χ3v) is 3.75. The molecule has 20 heavy (non-hydrogen) atoms. The fraction of sp³-hybridized carbons (Fsp3) is 0.294. The smallest absolute Gasteiger partial charge is 0.125 e. The van der Waals surface area contributed by atoms with E-state index in [1.165, 1.54) is 0 Å². The van der Waals surface area contributed by atoms with Crippen LogP contribution in [0.1, 0.15) is 33.9 Å². The molecule has 0 amide bonds. The van der Waals surface area contributed by atoms with E-state index < -0.39 is 6.10 Å². The van der Waals surface area contributed by atoms with Gasteiger partial charge in [0.1, 0.15) is 11.9 Å². The van der Waals surface area contributed by atoms with E-state index in [-0.39, 0.29) is 0 Å². The van der Waals surface area contributed by atoms with Crippen molar-refractivity contribution in [1.29, 1.82) is 0 Å². The summed E-state index contributed by atoms with van der Waals surface area (Å²) in [5.41, 5.74) is 4.75. The van der Waals surface area contributed by atoms with Crippen LogP contribution < -0.4 is 4.74 Å². The fourth-order valence-electron chi connectivity index (χ4n) is 2.56. The molecule has 0 aliphatic carbocycles. The van der Waals surface area contributed by atoms with E-state index in [1.807, 2.05) is 45.0 Å². The Morgan fingerprint density at radius 2 is 1.75 bits per heavy atom. The largest absolute Gasteiger partial charge is 0.496 e.